The van der Waals surface area contributed by atoms with Gasteiger partial charge >= 0.3 is 6.09 Å². The van der Waals surface area contributed by atoms with Crippen molar-refractivity contribution in [1.29, 1.82) is 0 Å². The topological polar surface area (TPSA) is 58.6 Å². The van der Waals surface area contributed by atoms with E-state index in [-0.39, 0.29) is 18.2 Å². The molecule has 8 heteroatoms. The van der Waals surface area contributed by atoms with Crippen LogP contribution in [0.4, 0.5) is 10.6 Å². The molecule has 0 saturated carbocycles. The third-order valence-electron chi connectivity index (χ3n) is 4.47. The lowest BCUT2D eigenvalue weighted by Crippen LogP contribution is -2.59. The highest BCUT2D eigenvalue weighted by atomic mass is 79.9. The van der Waals surface area contributed by atoms with Crippen LogP contribution in [-0.2, 0) is 4.74 Å². The van der Waals surface area contributed by atoms with Gasteiger partial charge in [-0.3, -0.25) is 0 Å². The first-order valence-electron chi connectivity index (χ1n) is 8.93. The number of aromatic nitrogens is 2. The summed E-state index contributed by atoms with van der Waals surface area (Å²) in [5.74, 6) is 0.832. The lowest BCUT2D eigenvalue weighted by Gasteiger charge is -2.45. The Labute approximate surface area is 173 Å². The highest BCUT2D eigenvalue weighted by Crippen LogP contribution is 2.34. The quantitative estimate of drug-likeness (QED) is 0.613. The number of carbonyl (C=O) groups is 1. The molecule has 146 valence electrons. The van der Waals surface area contributed by atoms with Crippen LogP contribution in [0.3, 0.4) is 0 Å². The van der Waals surface area contributed by atoms with Crippen molar-refractivity contribution in [2.45, 2.75) is 52.3 Å². The molecule has 0 bridgehead atoms. The summed E-state index contributed by atoms with van der Waals surface area (Å²) in [6.45, 7) is 10.9. The monoisotopic (exact) mass is 454 g/mol. The average Bonchev–Trinajstić information content (AvgIpc) is 2.54. The van der Waals surface area contributed by atoms with E-state index in [1.54, 1.807) is 11.2 Å². The number of rotatable bonds is 1. The SMILES string of the molecule is CC1CN(C(=O)OC(C)(C)C)C[C@H](C)N1c1ncnc2cc(Br)c(Cl)cc12. The van der Waals surface area contributed by atoms with Gasteiger partial charge in [-0.2, -0.15) is 0 Å². The molecule has 1 aromatic heterocycles. The fourth-order valence-corrected chi connectivity index (χ4v) is 3.95. The van der Waals surface area contributed by atoms with Gasteiger partial charge in [0.2, 0.25) is 0 Å². The van der Waals surface area contributed by atoms with Crippen LogP contribution in [0, 0.1) is 0 Å². The van der Waals surface area contributed by atoms with Crippen LogP contribution in [0.25, 0.3) is 10.9 Å². The number of hydrogen-bond acceptors (Lipinski definition) is 5. The van der Waals surface area contributed by atoms with Gasteiger partial charge in [0.1, 0.15) is 17.7 Å². The van der Waals surface area contributed by atoms with E-state index < -0.39 is 5.60 Å². The molecule has 2 heterocycles. The molecule has 0 spiro atoms. The third-order valence-corrected chi connectivity index (χ3v) is 5.67. The van der Waals surface area contributed by atoms with Crippen molar-refractivity contribution < 1.29 is 9.53 Å². The summed E-state index contributed by atoms with van der Waals surface area (Å²) in [4.78, 5) is 25.4. The maximum absolute atomic E-state index is 12.5. The van der Waals surface area contributed by atoms with E-state index in [1.807, 2.05) is 32.9 Å². The molecule has 1 amide bonds. The van der Waals surface area contributed by atoms with E-state index in [4.69, 9.17) is 16.3 Å². The molecular weight excluding hydrogens is 432 g/mol. The predicted octanol–water partition coefficient (Wildman–Crippen LogP) is 4.88. The van der Waals surface area contributed by atoms with Gasteiger partial charge in [-0.25, -0.2) is 14.8 Å². The number of carbonyl (C=O) groups excluding carboxylic acids is 1. The van der Waals surface area contributed by atoms with E-state index in [0.717, 1.165) is 21.2 Å². The van der Waals surface area contributed by atoms with E-state index >= 15 is 0 Å². The molecule has 2 aromatic rings. The average molecular weight is 456 g/mol. The van der Waals surface area contributed by atoms with Crippen LogP contribution in [0.5, 0.6) is 0 Å². The molecule has 27 heavy (non-hydrogen) atoms. The van der Waals surface area contributed by atoms with Gasteiger partial charge in [0, 0.05) is 35.0 Å². The molecule has 1 unspecified atom stereocenters. The first-order valence-corrected chi connectivity index (χ1v) is 10.1. The summed E-state index contributed by atoms with van der Waals surface area (Å²) in [7, 11) is 0. The Morgan fingerprint density at radius 3 is 2.44 bits per heavy atom. The molecule has 6 nitrogen and oxygen atoms in total. The molecule has 0 N–H and O–H groups in total. The largest absolute Gasteiger partial charge is 0.444 e. The van der Waals surface area contributed by atoms with Gasteiger partial charge in [-0.1, -0.05) is 11.6 Å². The normalized spacial score (nSPS) is 20.9. The molecule has 0 radical (unpaired) electrons. The van der Waals surface area contributed by atoms with E-state index in [9.17, 15) is 4.79 Å². The predicted molar refractivity (Wildman–Crippen MR) is 111 cm³/mol. The summed E-state index contributed by atoms with van der Waals surface area (Å²) in [5, 5.41) is 1.52. The van der Waals surface area contributed by atoms with Crippen molar-refractivity contribution in [3.05, 3.63) is 28.0 Å². The summed E-state index contributed by atoms with van der Waals surface area (Å²) in [6.07, 6.45) is 1.29. The first-order chi connectivity index (χ1) is 12.6. The summed E-state index contributed by atoms with van der Waals surface area (Å²) in [5.41, 5.74) is 0.318. The highest BCUT2D eigenvalue weighted by Gasteiger charge is 2.35. The Balaban J connectivity index is 1.90. The Morgan fingerprint density at radius 1 is 1.22 bits per heavy atom. The summed E-state index contributed by atoms with van der Waals surface area (Å²) in [6, 6.07) is 3.93. The maximum atomic E-state index is 12.5. The number of halogens is 2. The lowest BCUT2D eigenvalue weighted by molar-refractivity contribution is 0.0192. The summed E-state index contributed by atoms with van der Waals surface area (Å²) < 4.78 is 6.34. The number of fused-ring (bicyclic) bond motifs is 1. The molecule has 1 fully saturated rings. The van der Waals surface area contributed by atoms with Crippen LogP contribution in [0.1, 0.15) is 34.6 Å². The fourth-order valence-electron chi connectivity index (χ4n) is 3.46. The lowest BCUT2D eigenvalue weighted by atomic mass is 10.1. The number of piperazine rings is 1. The zero-order valence-electron chi connectivity index (χ0n) is 16.2. The van der Waals surface area contributed by atoms with Gasteiger partial charge < -0.3 is 14.5 Å². The number of hydrogen-bond donors (Lipinski definition) is 0. The molecule has 1 aliphatic heterocycles. The molecule has 1 aliphatic rings. The Morgan fingerprint density at radius 2 is 1.85 bits per heavy atom. The zero-order valence-corrected chi connectivity index (χ0v) is 18.5. The van der Waals surface area contributed by atoms with Gasteiger partial charge in [-0.15, -0.1) is 0 Å². The van der Waals surface area contributed by atoms with Crippen LogP contribution < -0.4 is 4.90 Å². The Bertz CT molecular complexity index is 859. The van der Waals surface area contributed by atoms with Crippen molar-refractivity contribution >= 4 is 50.3 Å². The molecule has 2 atom stereocenters. The standard InChI is InChI=1S/C19H24BrClN4O2/c1-11-8-24(18(26)27-19(3,4)5)9-12(2)25(11)17-13-6-15(21)14(20)7-16(13)22-10-23-17/h6-7,10-12H,8-9H2,1-5H3/t11-,12?/m0/s1. The molecule has 3 rings (SSSR count). The van der Waals surface area contributed by atoms with Crippen molar-refractivity contribution in [1.82, 2.24) is 14.9 Å². The molecule has 0 aliphatic carbocycles. The fraction of sp³-hybridized carbons (Fsp3) is 0.526. The first kappa shape index (κ1) is 20.1. The second-order valence-electron chi connectivity index (χ2n) is 7.97. The smallest absolute Gasteiger partial charge is 0.410 e. The van der Waals surface area contributed by atoms with Gasteiger partial charge in [-0.05, 0) is 62.7 Å². The highest BCUT2D eigenvalue weighted by molar-refractivity contribution is 9.10. The minimum Gasteiger partial charge on any atom is -0.444 e. The number of anilines is 1. The molecule has 1 saturated heterocycles. The second kappa shape index (κ2) is 7.43. The van der Waals surface area contributed by atoms with Crippen LogP contribution in [-0.4, -0.2) is 51.7 Å². The van der Waals surface area contributed by atoms with Crippen LogP contribution in [0.2, 0.25) is 5.02 Å². The number of benzene rings is 1. The van der Waals surface area contributed by atoms with E-state index in [1.165, 1.54) is 0 Å². The van der Waals surface area contributed by atoms with E-state index in [0.29, 0.717) is 18.1 Å². The number of nitrogens with zero attached hydrogens (tertiary/aromatic N) is 4. The molecule has 1 aromatic carbocycles. The van der Waals surface area contributed by atoms with Crippen molar-refractivity contribution in [2.24, 2.45) is 0 Å². The maximum Gasteiger partial charge on any atom is 0.410 e. The Hall–Kier alpha value is -1.60. The van der Waals surface area contributed by atoms with Crippen molar-refractivity contribution in [3.63, 3.8) is 0 Å². The molecular formula is C19H24BrClN4O2. The Kier molecular flexibility index (Phi) is 5.54. The van der Waals surface area contributed by atoms with Crippen molar-refractivity contribution in [3.8, 4) is 0 Å². The van der Waals surface area contributed by atoms with Gasteiger partial charge in [0.25, 0.3) is 0 Å². The van der Waals surface area contributed by atoms with Crippen molar-refractivity contribution in [2.75, 3.05) is 18.0 Å². The van der Waals surface area contributed by atoms with E-state index in [2.05, 4.69) is 44.6 Å². The van der Waals surface area contributed by atoms with Crippen LogP contribution in [0.15, 0.2) is 22.9 Å². The number of amides is 1. The minimum atomic E-state index is -0.506. The third kappa shape index (κ3) is 4.29. The zero-order chi connectivity index (χ0) is 19.9. The summed E-state index contributed by atoms with van der Waals surface area (Å²) >= 11 is 9.75. The van der Waals surface area contributed by atoms with Gasteiger partial charge in [0.15, 0.2) is 0 Å². The van der Waals surface area contributed by atoms with Crippen LogP contribution >= 0.6 is 27.5 Å². The second-order valence-corrected chi connectivity index (χ2v) is 9.23. The number of ether oxygens (including phenoxy) is 1. The van der Waals surface area contributed by atoms with Gasteiger partial charge in [0.05, 0.1) is 10.5 Å². The minimum absolute atomic E-state index is 0.0711.